The molecule has 2 atom stereocenters. The average Bonchev–Trinajstić information content (AvgIpc) is 3.57. The van der Waals surface area contributed by atoms with Crippen molar-refractivity contribution in [2.24, 2.45) is 0 Å². The number of methoxy groups -OCH3 is 1. The van der Waals surface area contributed by atoms with E-state index in [-0.39, 0.29) is 41.8 Å². The third-order valence-electron chi connectivity index (χ3n) is 6.97. The highest BCUT2D eigenvalue weighted by Gasteiger charge is 2.29. The molecular weight excluding hydrogens is 506 g/mol. The maximum atomic E-state index is 13.4. The highest BCUT2D eigenvalue weighted by Crippen LogP contribution is 2.23. The van der Waals surface area contributed by atoms with E-state index in [2.05, 4.69) is 10.0 Å². The van der Waals surface area contributed by atoms with Crippen LogP contribution in [0.3, 0.4) is 0 Å². The highest BCUT2D eigenvalue weighted by molar-refractivity contribution is 7.89. The molecule has 0 aromatic heterocycles. The van der Waals surface area contributed by atoms with Crippen LogP contribution >= 0.6 is 0 Å². The van der Waals surface area contributed by atoms with Gasteiger partial charge in [-0.3, -0.25) is 9.59 Å². The number of sulfonamides is 1. The zero-order chi connectivity index (χ0) is 27.1. The number of amides is 2. The summed E-state index contributed by atoms with van der Waals surface area (Å²) in [7, 11) is -1.92. The average molecular weight is 544 g/mol. The van der Waals surface area contributed by atoms with Crippen molar-refractivity contribution >= 4 is 21.8 Å². The second-order valence-corrected chi connectivity index (χ2v) is 11.7. The van der Waals surface area contributed by atoms with Crippen LogP contribution in [-0.2, 0) is 37.3 Å². The van der Waals surface area contributed by atoms with Crippen LogP contribution in [0.5, 0.6) is 5.75 Å². The molecule has 1 saturated carbocycles. The van der Waals surface area contributed by atoms with E-state index in [1.165, 1.54) is 0 Å². The minimum Gasteiger partial charge on any atom is -0.497 e. The third kappa shape index (κ3) is 7.78. The number of rotatable bonds is 13. The predicted molar refractivity (Wildman–Crippen MR) is 143 cm³/mol. The van der Waals surface area contributed by atoms with Gasteiger partial charge in [0.2, 0.25) is 21.8 Å². The van der Waals surface area contributed by atoms with Gasteiger partial charge in [0.25, 0.3) is 0 Å². The van der Waals surface area contributed by atoms with Crippen LogP contribution in [0.15, 0.2) is 53.4 Å². The topological polar surface area (TPSA) is 114 Å². The van der Waals surface area contributed by atoms with Crippen molar-refractivity contribution in [2.45, 2.75) is 75.1 Å². The maximum absolute atomic E-state index is 13.4. The van der Waals surface area contributed by atoms with Crippen molar-refractivity contribution in [3.8, 4) is 5.75 Å². The van der Waals surface area contributed by atoms with Gasteiger partial charge in [-0.1, -0.05) is 24.3 Å². The van der Waals surface area contributed by atoms with Crippen LogP contribution in [0, 0.1) is 0 Å². The normalized spacial score (nSPS) is 18.1. The molecule has 1 aliphatic heterocycles. The van der Waals surface area contributed by atoms with E-state index in [1.54, 1.807) is 43.2 Å². The molecule has 1 heterocycles. The Kier molecular flexibility index (Phi) is 9.40. The molecule has 0 radical (unpaired) electrons. The molecular formula is C28H37N3O6S. The minimum absolute atomic E-state index is 0.0168. The molecule has 4 rings (SSSR count). The van der Waals surface area contributed by atoms with Gasteiger partial charge in [-0.05, 0) is 74.4 Å². The summed E-state index contributed by atoms with van der Waals surface area (Å²) in [5, 5.41) is 2.94. The Hall–Kier alpha value is -2.95. The standard InChI is InChI=1S/C28H37N3O6S/c1-20(28(33)29-18-25-4-3-17-37-25)31(19-22-5-12-24(36-2)13-6-22)27(32)16-9-21-7-14-26(15-8-21)38(34,35)30-23-10-11-23/h5-8,12-15,20,23,25,30H,3-4,9-11,16-19H2,1-2H3,(H,29,33)/t20-,25-/m1/s1. The van der Waals surface area contributed by atoms with Gasteiger partial charge < -0.3 is 19.7 Å². The van der Waals surface area contributed by atoms with Crippen molar-refractivity contribution in [3.05, 3.63) is 59.7 Å². The Morgan fingerprint density at radius 2 is 1.74 bits per heavy atom. The van der Waals surface area contributed by atoms with E-state index >= 15 is 0 Å². The number of carbonyl (C=O) groups excluding carboxylic acids is 2. The van der Waals surface area contributed by atoms with Crippen LogP contribution in [-0.4, -0.2) is 63.6 Å². The first-order valence-corrected chi connectivity index (χ1v) is 14.7. The molecule has 2 amide bonds. The summed E-state index contributed by atoms with van der Waals surface area (Å²) in [6.07, 6.45) is 4.28. The summed E-state index contributed by atoms with van der Waals surface area (Å²) in [5.41, 5.74) is 1.74. The van der Waals surface area contributed by atoms with E-state index in [0.29, 0.717) is 25.3 Å². The fourth-order valence-corrected chi connectivity index (χ4v) is 5.70. The summed E-state index contributed by atoms with van der Waals surface area (Å²) in [6, 6.07) is 13.4. The maximum Gasteiger partial charge on any atom is 0.242 e. The first-order valence-electron chi connectivity index (χ1n) is 13.2. The molecule has 0 spiro atoms. The molecule has 10 heteroatoms. The van der Waals surface area contributed by atoms with Crippen molar-refractivity contribution in [1.82, 2.24) is 14.9 Å². The Labute approximate surface area is 224 Å². The lowest BCUT2D eigenvalue weighted by Crippen LogP contribution is -2.49. The Morgan fingerprint density at radius 3 is 2.34 bits per heavy atom. The zero-order valence-corrected chi connectivity index (χ0v) is 22.8. The van der Waals surface area contributed by atoms with Crippen LogP contribution in [0.2, 0.25) is 0 Å². The van der Waals surface area contributed by atoms with Gasteiger partial charge in [0.1, 0.15) is 11.8 Å². The molecule has 0 unspecified atom stereocenters. The molecule has 1 saturated heterocycles. The predicted octanol–water partition coefficient (Wildman–Crippen LogP) is 2.78. The van der Waals surface area contributed by atoms with Gasteiger partial charge in [-0.15, -0.1) is 0 Å². The first kappa shape index (κ1) is 28.1. The molecule has 0 bridgehead atoms. The number of benzene rings is 2. The number of aryl methyl sites for hydroxylation is 1. The zero-order valence-electron chi connectivity index (χ0n) is 22.0. The monoisotopic (exact) mass is 543 g/mol. The molecule has 2 aromatic rings. The summed E-state index contributed by atoms with van der Waals surface area (Å²) >= 11 is 0. The van der Waals surface area contributed by atoms with Crippen molar-refractivity contribution in [3.63, 3.8) is 0 Å². The number of carbonyl (C=O) groups is 2. The SMILES string of the molecule is COc1ccc(CN(C(=O)CCc2ccc(S(=O)(=O)NC3CC3)cc2)[C@H](C)C(=O)NC[C@H]2CCCO2)cc1. The molecule has 2 aromatic carbocycles. The van der Waals surface area contributed by atoms with Gasteiger partial charge in [-0.2, -0.15) is 0 Å². The fraction of sp³-hybridized carbons (Fsp3) is 0.500. The molecule has 2 fully saturated rings. The number of hydrogen-bond acceptors (Lipinski definition) is 6. The second-order valence-electron chi connectivity index (χ2n) is 9.97. The second kappa shape index (κ2) is 12.7. The lowest BCUT2D eigenvalue weighted by molar-refractivity contribution is -0.140. The number of nitrogens with zero attached hydrogens (tertiary/aromatic N) is 1. The molecule has 1 aliphatic carbocycles. The van der Waals surface area contributed by atoms with Crippen LogP contribution in [0.1, 0.15) is 50.2 Å². The summed E-state index contributed by atoms with van der Waals surface area (Å²) in [4.78, 5) is 28.2. The van der Waals surface area contributed by atoms with Gasteiger partial charge in [-0.25, -0.2) is 13.1 Å². The molecule has 2 aliphatic rings. The first-order chi connectivity index (χ1) is 18.2. The summed E-state index contributed by atoms with van der Waals surface area (Å²) < 4.78 is 38.3. The molecule has 38 heavy (non-hydrogen) atoms. The van der Waals surface area contributed by atoms with Crippen LogP contribution in [0.25, 0.3) is 0 Å². The molecule has 2 N–H and O–H groups in total. The van der Waals surface area contributed by atoms with Gasteiger partial charge >= 0.3 is 0 Å². The van der Waals surface area contributed by atoms with Crippen molar-refractivity contribution in [2.75, 3.05) is 20.3 Å². The Morgan fingerprint density at radius 1 is 1.05 bits per heavy atom. The summed E-state index contributed by atoms with van der Waals surface area (Å²) in [6.45, 7) is 3.15. The smallest absolute Gasteiger partial charge is 0.242 e. The van der Waals surface area contributed by atoms with Crippen molar-refractivity contribution in [1.29, 1.82) is 0 Å². The minimum atomic E-state index is -3.52. The van der Waals surface area contributed by atoms with Crippen LogP contribution in [0.4, 0.5) is 0 Å². The number of hydrogen-bond donors (Lipinski definition) is 2. The van der Waals surface area contributed by atoms with Gasteiger partial charge in [0.05, 0.1) is 18.1 Å². The Balaban J connectivity index is 1.40. The lowest BCUT2D eigenvalue weighted by Gasteiger charge is -2.29. The molecule has 9 nitrogen and oxygen atoms in total. The van der Waals surface area contributed by atoms with Crippen LogP contribution < -0.4 is 14.8 Å². The molecule has 206 valence electrons. The Bertz CT molecular complexity index is 1190. The lowest BCUT2D eigenvalue weighted by atomic mass is 10.1. The van der Waals surface area contributed by atoms with E-state index in [1.807, 2.05) is 24.3 Å². The van der Waals surface area contributed by atoms with Crippen molar-refractivity contribution < 1.29 is 27.5 Å². The fourth-order valence-electron chi connectivity index (χ4n) is 4.40. The highest BCUT2D eigenvalue weighted by atomic mass is 32.2. The number of ether oxygens (including phenoxy) is 2. The van der Waals surface area contributed by atoms with E-state index < -0.39 is 16.1 Å². The van der Waals surface area contributed by atoms with Gasteiger partial charge in [0.15, 0.2) is 0 Å². The number of nitrogens with one attached hydrogen (secondary N) is 2. The van der Waals surface area contributed by atoms with Gasteiger partial charge in [0, 0.05) is 32.2 Å². The van der Waals surface area contributed by atoms with E-state index in [9.17, 15) is 18.0 Å². The summed E-state index contributed by atoms with van der Waals surface area (Å²) in [5.74, 6) is 0.333. The van der Waals surface area contributed by atoms with E-state index in [0.717, 1.165) is 36.8 Å². The third-order valence-corrected chi connectivity index (χ3v) is 8.50. The largest absolute Gasteiger partial charge is 0.497 e. The quantitative estimate of drug-likeness (QED) is 0.402. The van der Waals surface area contributed by atoms with E-state index in [4.69, 9.17) is 9.47 Å².